The summed E-state index contributed by atoms with van der Waals surface area (Å²) >= 11 is 0. The molecule has 0 unspecified atom stereocenters. The van der Waals surface area contributed by atoms with Crippen molar-refractivity contribution < 1.29 is 13.9 Å². The molecule has 2 N–H and O–H groups in total. The minimum absolute atomic E-state index is 0. The summed E-state index contributed by atoms with van der Waals surface area (Å²) in [6, 6.07) is 4.60. The molecule has 1 aliphatic heterocycles. The Morgan fingerprint density at radius 3 is 2.75 bits per heavy atom. The van der Waals surface area contributed by atoms with Gasteiger partial charge >= 0.3 is 0 Å². The number of rotatable bonds is 5. The Bertz CT molecular complexity index is 532. The molecule has 1 aromatic rings. The monoisotopic (exact) mass is 381 g/mol. The molecule has 0 bridgehead atoms. The number of ether oxygens (including phenoxy) is 1. The van der Waals surface area contributed by atoms with E-state index >= 15 is 0 Å². The summed E-state index contributed by atoms with van der Waals surface area (Å²) in [6.45, 7) is 4.08. The zero-order valence-electron chi connectivity index (χ0n) is 14.2. The van der Waals surface area contributed by atoms with Crippen molar-refractivity contribution in [1.82, 2.24) is 15.5 Å². The van der Waals surface area contributed by atoms with Crippen LogP contribution in [0, 0.1) is 5.82 Å². The van der Waals surface area contributed by atoms with Gasteiger partial charge in [0.15, 0.2) is 0 Å². The maximum Gasteiger partial charge on any atom is 0.240 e. The minimum atomic E-state index is -0.338. The third kappa shape index (κ3) is 6.53. The number of benzene rings is 1. The highest BCUT2D eigenvalue weighted by Crippen LogP contribution is 2.12. The molecule has 2 rings (SSSR count). The average molecular weight is 382 g/mol. The Labute approximate surface area is 155 Å². The Kier molecular flexibility index (Phi) is 10.4. The summed E-state index contributed by atoms with van der Waals surface area (Å²) < 4.78 is 19.2. The van der Waals surface area contributed by atoms with E-state index in [1.807, 2.05) is 25.9 Å². The molecule has 8 heteroatoms. The third-order valence-corrected chi connectivity index (χ3v) is 3.66. The lowest BCUT2D eigenvalue weighted by Crippen LogP contribution is -2.55. The standard InChI is InChI=1S/C16H24FN3O2.2ClH/c1-11-15(18-6-7-22-11)16(21)19-9-12-4-5-14(17)13(8-12)10-20(2)3;;/h4-5,8,11,15,18H,6-7,9-10H2,1-3H3,(H,19,21);2*1H/t11-,15+;;/m1../s1. The number of hydrogen-bond acceptors (Lipinski definition) is 4. The zero-order chi connectivity index (χ0) is 16.1. The van der Waals surface area contributed by atoms with Gasteiger partial charge in [-0.2, -0.15) is 0 Å². The lowest BCUT2D eigenvalue weighted by atomic mass is 10.1. The summed E-state index contributed by atoms with van der Waals surface area (Å²) in [5.74, 6) is -0.314. The van der Waals surface area contributed by atoms with Crippen LogP contribution in [0.15, 0.2) is 18.2 Å². The van der Waals surface area contributed by atoms with E-state index < -0.39 is 0 Å². The molecular formula is C16H26Cl2FN3O2. The second kappa shape index (κ2) is 10.8. The van der Waals surface area contributed by atoms with Crippen LogP contribution in [0.2, 0.25) is 0 Å². The first kappa shape index (κ1) is 23.1. The van der Waals surface area contributed by atoms with Gasteiger partial charge in [0.1, 0.15) is 11.9 Å². The van der Waals surface area contributed by atoms with E-state index in [4.69, 9.17) is 4.74 Å². The molecule has 0 spiro atoms. The van der Waals surface area contributed by atoms with Crippen molar-refractivity contribution in [3.05, 3.63) is 35.1 Å². The number of nitrogens with one attached hydrogen (secondary N) is 2. The fraction of sp³-hybridized carbons (Fsp3) is 0.562. The molecule has 0 aromatic heterocycles. The van der Waals surface area contributed by atoms with Crippen LogP contribution in [-0.4, -0.2) is 50.2 Å². The highest BCUT2D eigenvalue weighted by Gasteiger charge is 2.27. The highest BCUT2D eigenvalue weighted by atomic mass is 35.5. The van der Waals surface area contributed by atoms with Gasteiger partial charge < -0.3 is 20.3 Å². The molecule has 5 nitrogen and oxygen atoms in total. The van der Waals surface area contributed by atoms with Crippen LogP contribution in [0.25, 0.3) is 0 Å². The molecule has 138 valence electrons. The predicted molar refractivity (Wildman–Crippen MR) is 97.3 cm³/mol. The predicted octanol–water partition coefficient (Wildman–Crippen LogP) is 1.72. The van der Waals surface area contributed by atoms with Crippen LogP contribution in [0.4, 0.5) is 4.39 Å². The van der Waals surface area contributed by atoms with E-state index in [-0.39, 0.29) is 48.7 Å². The van der Waals surface area contributed by atoms with E-state index in [0.29, 0.717) is 31.8 Å². The summed E-state index contributed by atoms with van der Waals surface area (Å²) in [7, 11) is 3.79. The Morgan fingerprint density at radius 2 is 2.12 bits per heavy atom. The van der Waals surface area contributed by atoms with Crippen molar-refractivity contribution in [3.8, 4) is 0 Å². The Hall–Kier alpha value is -0.920. The van der Waals surface area contributed by atoms with Crippen LogP contribution in [-0.2, 0) is 22.6 Å². The second-order valence-corrected chi connectivity index (χ2v) is 5.89. The summed E-state index contributed by atoms with van der Waals surface area (Å²) in [5.41, 5.74) is 1.51. The molecule has 24 heavy (non-hydrogen) atoms. The molecule has 1 fully saturated rings. The zero-order valence-corrected chi connectivity index (χ0v) is 15.8. The maximum atomic E-state index is 13.7. The van der Waals surface area contributed by atoms with Gasteiger partial charge in [-0.3, -0.25) is 4.79 Å². The van der Waals surface area contributed by atoms with Crippen molar-refractivity contribution in [3.63, 3.8) is 0 Å². The molecule has 0 aliphatic carbocycles. The first-order valence-electron chi connectivity index (χ1n) is 7.52. The van der Waals surface area contributed by atoms with Gasteiger partial charge in [0.05, 0.1) is 12.7 Å². The fourth-order valence-corrected chi connectivity index (χ4v) is 2.53. The van der Waals surface area contributed by atoms with E-state index in [2.05, 4.69) is 10.6 Å². The molecule has 0 saturated carbocycles. The van der Waals surface area contributed by atoms with Gasteiger partial charge in [-0.15, -0.1) is 24.8 Å². The van der Waals surface area contributed by atoms with Crippen LogP contribution in [0.5, 0.6) is 0 Å². The van der Waals surface area contributed by atoms with Gasteiger partial charge in [-0.1, -0.05) is 6.07 Å². The lowest BCUT2D eigenvalue weighted by molar-refractivity contribution is -0.129. The highest BCUT2D eigenvalue weighted by molar-refractivity contribution is 5.85. The molecular weight excluding hydrogens is 356 g/mol. The van der Waals surface area contributed by atoms with E-state index in [9.17, 15) is 9.18 Å². The van der Waals surface area contributed by atoms with Crippen molar-refractivity contribution in [2.45, 2.75) is 32.2 Å². The van der Waals surface area contributed by atoms with Crippen molar-refractivity contribution in [1.29, 1.82) is 0 Å². The van der Waals surface area contributed by atoms with E-state index in [1.165, 1.54) is 6.07 Å². The summed E-state index contributed by atoms with van der Waals surface area (Å²) in [6.07, 6.45) is -0.147. The van der Waals surface area contributed by atoms with Gasteiger partial charge in [0.2, 0.25) is 5.91 Å². The van der Waals surface area contributed by atoms with E-state index in [0.717, 1.165) is 5.56 Å². The topological polar surface area (TPSA) is 53.6 Å². The lowest BCUT2D eigenvalue weighted by Gasteiger charge is -2.29. The van der Waals surface area contributed by atoms with Crippen molar-refractivity contribution >= 4 is 30.7 Å². The van der Waals surface area contributed by atoms with Crippen molar-refractivity contribution in [2.75, 3.05) is 27.2 Å². The number of morpholine rings is 1. The maximum absolute atomic E-state index is 13.7. The first-order chi connectivity index (χ1) is 10.5. The Balaban J connectivity index is 0.00000264. The summed E-state index contributed by atoms with van der Waals surface area (Å²) in [5, 5.41) is 6.03. The number of hydrogen-bond donors (Lipinski definition) is 2. The summed E-state index contributed by atoms with van der Waals surface area (Å²) in [4.78, 5) is 14.1. The number of halogens is 3. The van der Waals surface area contributed by atoms with Gasteiger partial charge in [0.25, 0.3) is 0 Å². The number of carbonyl (C=O) groups excluding carboxylic acids is 1. The fourth-order valence-electron chi connectivity index (χ4n) is 2.53. The number of amides is 1. The van der Waals surface area contributed by atoms with Crippen LogP contribution in [0.3, 0.4) is 0 Å². The van der Waals surface area contributed by atoms with Crippen molar-refractivity contribution in [2.24, 2.45) is 0 Å². The van der Waals surface area contributed by atoms with E-state index in [1.54, 1.807) is 12.1 Å². The largest absolute Gasteiger partial charge is 0.375 e. The third-order valence-electron chi connectivity index (χ3n) is 3.66. The van der Waals surface area contributed by atoms with Gasteiger partial charge in [-0.05, 0) is 38.7 Å². The smallest absolute Gasteiger partial charge is 0.240 e. The number of carbonyl (C=O) groups is 1. The molecule has 1 aromatic carbocycles. The molecule has 1 heterocycles. The van der Waals surface area contributed by atoms with Crippen LogP contribution in [0.1, 0.15) is 18.1 Å². The minimum Gasteiger partial charge on any atom is -0.375 e. The molecule has 1 amide bonds. The second-order valence-electron chi connectivity index (χ2n) is 5.89. The quantitative estimate of drug-likeness (QED) is 0.815. The molecule has 0 radical (unpaired) electrons. The van der Waals surface area contributed by atoms with Gasteiger partial charge in [-0.25, -0.2) is 4.39 Å². The van der Waals surface area contributed by atoms with Gasteiger partial charge in [0, 0.05) is 25.2 Å². The Morgan fingerprint density at radius 1 is 1.42 bits per heavy atom. The van der Waals surface area contributed by atoms with Crippen LogP contribution >= 0.6 is 24.8 Å². The SMILES string of the molecule is C[C@H]1OCCN[C@@H]1C(=O)NCc1ccc(F)c(CN(C)C)c1.Cl.Cl. The number of nitrogens with zero attached hydrogens (tertiary/aromatic N) is 1. The molecule has 2 atom stereocenters. The average Bonchev–Trinajstić information content (AvgIpc) is 2.47. The van der Waals surface area contributed by atoms with Crippen LogP contribution < -0.4 is 10.6 Å². The first-order valence-corrected chi connectivity index (χ1v) is 7.52. The molecule has 1 aliphatic rings. The molecule has 1 saturated heterocycles. The normalized spacial score (nSPS) is 20.0.